The van der Waals surface area contributed by atoms with Crippen LogP contribution >= 0.6 is 0 Å². The minimum atomic E-state index is -0.277. The molecule has 0 saturated carbocycles. The first-order valence-electron chi connectivity index (χ1n) is 14.3. The lowest BCUT2D eigenvalue weighted by Crippen LogP contribution is -2.46. The number of carbonyl (C=O) groups excluding carboxylic acids is 1. The molecular formula is C34H35N7O2. The van der Waals surface area contributed by atoms with Gasteiger partial charge in [0.2, 0.25) is 5.91 Å². The van der Waals surface area contributed by atoms with Crippen LogP contribution in [-0.4, -0.2) is 58.6 Å². The average molecular weight is 574 g/mol. The Labute approximate surface area is 251 Å². The van der Waals surface area contributed by atoms with Gasteiger partial charge in [0.25, 0.3) is 0 Å². The summed E-state index contributed by atoms with van der Waals surface area (Å²) in [6.45, 7) is 8.01. The number of nitrogens with zero attached hydrogens (tertiary/aromatic N) is 5. The van der Waals surface area contributed by atoms with Gasteiger partial charge in [-0.15, -0.1) is 0 Å². The predicted octanol–water partition coefficient (Wildman–Crippen LogP) is 5.83. The van der Waals surface area contributed by atoms with Gasteiger partial charge in [-0.1, -0.05) is 55.1 Å². The summed E-state index contributed by atoms with van der Waals surface area (Å²) in [6.07, 6.45) is 4.91. The Balaban J connectivity index is 1.27. The Bertz CT molecular complexity index is 1760. The third kappa shape index (κ3) is 6.07. The van der Waals surface area contributed by atoms with Crippen LogP contribution in [0, 0.1) is 0 Å². The number of fused-ring (bicyclic) bond motifs is 1. The van der Waals surface area contributed by atoms with Gasteiger partial charge in [-0.25, -0.2) is 9.97 Å². The Morgan fingerprint density at radius 3 is 2.51 bits per heavy atom. The van der Waals surface area contributed by atoms with Crippen molar-refractivity contribution in [3.8, 4) is 17.0 Å². The van der Waals surface area contributed by atoms with E-state index in [9.17, 15) is 4.79 Å². The highest BCUT2D eigenvalue weighted by molar-refractivity contribution is 6.02. The number of anilines is 4. The molecule has 0 spiro atoms. The molecule has 3 aromatic carbocycles. The van der Waals surface area contributed by atoms with Crippen LogP contribution in [0.4, 0.5) is 22.9 Å². The summed E-state index contributed by atoms with van der Waals surface area (Å²) in [5.74, 6) is 0.975. The first-order valence-corrected chi connectivity index (χ1v) is 14.3. The van der Waals surface area contributed by atoms with Crippen LogP contribution in [0.5, 0.6) is 5.75 Å². The number of nitrogens with one attached hydrogen (secondary N) is 2. The molecule has 6 rings (SSSR count). The summed E-state index contributed by atoms with van der Waals surface area (Å²) in [7, 11) is 3.67. The van der Waals surface area contributed by atoms with Gasteiger partial charge in [-0.3, -0.25) is 9.69 Å². The number of para-hydroxylation sites is 1. The van der Waals surface area contributed by atoms with E-state index in [0.29, 0.717) is 22.9 Å². The number of hydrogen-bond donors (Lipinski definition) is 2. The minimum absolute atomic E-state index is 0.277. The molecule has 0 unspecified atom stereocenters. The quantitative estimate of drug-likeness (QED) is 0.215. The molecule has 0 radical (unpaired) electrons. The maximum atomic E-state index is 12.5. The minimum Gasteiger partial charge on any atom is -0.494 e. The topological polar surface area (TPSA) is 87.5 Å². The van der Waals surface area contributed by atoms with E-state index < -0.39 is 0 Å². The van der Waals surface area contributed by atoms with Crippen LogP contribution < -0.4 is 20.3 Å². The molecule has 0 aliphatic carbocycles. The summed E-state index contributed by atoms with van der Waals surface area (Å²) in [5, 5.41) is 7.52. The predicted molar refractivity (Wildman–Crippen MR) is 173 cm³/mol. The Hall–Kier alpha value is -5.15. The highest BCUT2D eigenvalue weighted by Gasteiger charge is 2.22. The lowest BCUT2D eigenvalue weighted by molar-refractivity contribution is -0.111. The maximum Gasteiger partial charge on any atom is 0.247 e. The molecule has 1 aliphatic heterocycles. The monoisotopic (exact) mass is 573 g/mol. The van der Waals surface area contributed by atoms with Crippen LogP contribution in [0.25, 0.3) is 22.2 Å². The van der Waals surface area contributed by atoms with E-state index in [1.165, 1.54) is 11.6 Å². The van der Waals surface area contributed by atoms with Crippen molar-refractivity contribution in [1.82, 2.24) is 19.4 Å². The number of benzene rings is 3. The van der Waals surface area contributed by atoms with Crippen LogP contribution in [0.1, 0.15) is 5.56 Å². The summed E-state index contributed by atoms with van der Waals surface area (Å²) in [5.41, 5.74) is 6.52. The zero-order valence-electron chi connectivity index (χ0n) is 24.5. The molecule has 1 fully saturated rings. The van der Waals surface area contributed by atoms with Crippen molar-refractivity contribution in [2.24, 2.45) is 7.05 Å². The first kappa shape index (κ1) is 28.0. The maximum absolute atomic E-state index is 12.5. The summed E-state index contributed by atoms with van der Waals surface area (Å²) in [4.78, 5) is 26.3. The van der Waals surface area contributed by atoms with Crippen LogP contribution in [0.2, 0.25) is 0 Å². The number of methoxy groups -OCH3 is 1. The van der Waals surface area contributed by atoms with E-state index in [4.69, 9.17) is 4.74 Å². The second kappa shape index (κ2) is 12.4. The lowest BCUT2D eigenvalue weighted by Gasteiger charge is -2.37. The highest BCUT2D eigenvalue weighted by Crippen LogP contribution is 2.39. The zero-order chi connectivity index (χ0) is 29.8. The van der Waals surface area contributed by atoms with Crippen molar-refractivity contribution in [3.05, 3.63) is 104 Å². The number of carbonyl (C=O) groups is 1. The smallest absolute Gasteiger partial charge is 0.247 e. The average Bonchev–Trinajstić information content (AvgIpc) is 3.38. The van der Waals surface area contributed by atoms with Crippen LogP contribution in [-0.2, 0) is 18.4 Å². The molecule has 0 atom stereocenters. The van der Waals surface area contributed by atoms with Crippen molar-refractivity contribution in [3.63, 3.8) is 0 Å². The second-order valence-corrected chi connectivity index (χ2v) is 10.6. The van der Waals surface area contributed by atoms with Crippen molar-refractivity contribution < 1.29 is 9.53 Å². The van der Waals surface area contributed by atoms with Crippen molar-refractivity contribution in [2.75, 3.05) is 48.8 Å². The summed E-state index contributed by atoms with van der Waals surface area (Å²) < 4.78 is 7.93. The largest absolute Gasteiger partial charge is 0.494 e. The Morgan fingerprint density at radius 2 is 1.74 bits per heavy atom. The Morgan fingerprint density at radius 1 is 0.977 bits per heavy atom. The van der Waals surface area contributed by atoms with Crippen molar-refractivity contribution >= 4 is 39.7 Å². The van der Waals surface area contributed by atoms with Crippen LogP contribution in [0.15, 0.2) is 98.0 Å². The molecule has 1 saturated heterocycles. The van der Waals surface area contributed by atoms with Crippen molar-refractivity contribution in [2.45, 2.75) is 6.54 Å². The second-order valence-electron chi connectivity index (χ2n) is 10.6. The zero-order valence-corrected chi connectivity index (χ0v) is 24.5. The number of rotatable bonds is 9. The fraction of sp³-hybridized carbons (Fsp3) is 0.206. The molecule has 43 heavy (non-hydrogen) atoms. The van der Waals surface area contributed by atoms with Gasteiger partial charge in [0.05, 0.1) is 29.9 Å². The van der Waals surface area contributed by atoms with Crippen LogP contribution in [0.3, 0.4) is 0 Å². The molecule has 1 aliphatic rings. The molecule has 3 heterocycles. The summed E-state index contributed by atoms with van der Waals surface area (Å²) in [6, 6.07) is 24.6. The van der Waals surface area contributed by atoms with Gasteiger partial charge in [-0.2, -0.15) is 0 Å². The van der Waals surface area contributed by atoms with E-state index in [2.05, 4.69) is 84.1 Å². The molecule has 1 amide bonds. The van der Waals surface area contributed by atoms with Crippen molar-refractivity contribution in [1.29, 1.82) is 0 Å². The van der Waals surface area contributed by atoms with Gasteiger partial charge in [0, 0.05) is 74.6 Å². The third-order valence-electron chi connectivity index (χ3n) is 7.83. The van der Waals surface area contributed by atoms with E-state index in [0.717, 1.165) is 60.6 Å². The number of aryl methyl sites for hydroxylation is 1. The molecule has 0 bridgehead atoms. The standard InChI is InChI=1S/C34H35N7O2/c1-4-34(42)38-28-18-29(37-33-19-27(35-23-36-33)26-22-39(2)30-13-9-8-12-25(26)30)32(43-3)20-31(28)41-16-14-40(15-17-41)21-24-10-6-5-7-11-24/h4-13,18-20,22-23H,1,14-17,21H2,2-3H3,(H,38,42)(H,35,36,37). The third-order valence-corrected chi connectivity index (χ3v) is 7.83. The lowest BCUT2D eigenvalue weighted by atomic mass is 10.1. The first-order chi connectivity index (χ1) is 21.0. The summed E-state index contributed by atoms with van der Waals surface area (Å²) >= 11 is 0. The molecular weight excluding hydrogens is 538 g/mol. The number of hydrogen-bond acceptors (Lipinski definition) is 7. The SMILES string of the molecule is C=CC(=O)Nc1cc(Nc2cc(-c3cn(C)c4ccccc34)ncn2)c(OC)cc1N1CCN(Cc2ccccc2)CC1. The van der Waals surface area contributed by atoms with Gasteiger partial charge in [0.15, 0.2) is 0 Å². The number of piperazine rings is 1. The van der Waals surface area contributed by atoms with Gasteiger partial charge in [-0.05, 0) is 23.8 Å². The van der Waals surface area contributed by atoms with E-state index >= 15 is 0 Å². The number of ether oxygens (including phenoxy) is 1. The fourth-order valence-electron chi connectivity index (χ4n) is 5.63. The van der Waals surface area contributed by atoms with E-state index in [-0.39, 0.29) is 5.91 Å². The van der Waals surface area contributed by atoms with E-state index in [1.54, 1.807) is 13.4 Å². The van der Waals surface area contributed by atoms with Gasteiger partial charge in [0.1, 0.15) is 17.9 Å². The Kier molecular flexibility index (Phi) is 8.06. The molecule has 2 N–H and O–H groups in total. The molecule has 5 aromatic rings. The molecule has 9 nitrogen and oxygen atoms in total. The molecule has 2 aromatic heterocycles. The van der Waals surface area contributed by atoms with E-state index in [1.807, 2.05) is 43.4 Å². The fourth-order valence-corrected chi connectivity index (χ4v) is 5.63. The normalized spacial score (nSPS) is 13.6. The molecule has 218 valence electrons. The highest BCUT2D eigenvalue weighted by atomic mass is 16.5. The molecule has 9 heteroatoms. The van der Waals surface area contributed by atoms with Gasteiger partial charge >= 0.3 is 0 Å². The number of amides is 1. The van der Waals surface area contributed by atoms with Gasteiger partial charge < -0.3 is 24.8 Å². The number of aromatic nitrogens is 3.